The fourth-order valence-corrected chi connectivity index (χ4v) is 3.70. The summed E-state index contributed by atoms with van der Waals surface area (Å²) in [4.78, 5) is 12.6. The molecule has 0 amide bonds. The molecule has 0 spiro atoms. The van der Waals surface area contributed by atoms with Crippen LogP contribution in [0.2, 0.25) is 0 Å². The van der Waals surface area contributed by atoms with Crippen molar-refractivity contribution in [3.8, 4) is 11.5 Å². The Balaban J connectivity index is 2.20. The number of fused-ring (bicyclic) bond motifs is 2. The maximum atomic E-state index is 12.6. The van der Waals surface area contributed by atoms with Crippen molar-refractivity contribution in [2.24, 2.45) is 11.8 Å². The molecule has 0 unspecified atom stereocenters. The van der Waals surface area contributed by atoms with Gasteiger partial charge in [-0.3, -0.25) is 4.79 Å². The Bertz CT molecular complexity index is 611. The second-order valence-corrected chi connectivity index (χ2v) is 6.04. The van der Waals surface area contributed by atoms with Crippen LogP contribution in [0.1, 0.15) is 40.4 Å². The minimum Gasteiger partial charge on any atom is -0.507 e. The molecule has 6 nitrogen and oxygen atoms in total. The Kier molecular flexibility index (Phi) is 3.20. The van der Waals surface area contributed by atoms with Gasteiger partial charge in [0.1, 0.15) is 11.5 Å². The number of phenolic OH excluding ortho intramolecular Hbond substituents is 2. The van der Waals surface area contributed by atoms with Crippen molar-refractivity contribution >= 4 is 5.78 Å². The van der Waals surface area contributed by atoms with Crippen LogP contribution in [0.5, 0.6) is 11.5 Å². The number of Topliss-reactive ketones (excluding diaryl/α,β-unsaturated/α-hetero) is 1. The van der Waals surface area contributed by atoms with Gasteiger partial charge in [0, 0.05) is 11.5 Å². The van der Waals surface area contributed by atoms with E-state index in [2.05, 4.69) is 0 Å². The molecule has 0 radical (unpaired) electrons. The fourth-order valence-electron chi connectivity index (χ4n) is 3.70. The molecule has 1 aromatic carbocycles. The smallest absolute Gasteiger partial charge is 0.173 e. The third-order valence-corrected chi connectivity index (χ3v) is 4.69. The van der Waals surface area contributed by atoms with Gasteiger partial charge in [0.2, 0.25) is 0 Å². The van der Waals surface area contributed by atoms with Gasteiger partial charge in [-0.15, -0.1) is 0 Å². The summed E-state index contributed by atoms with van der Waals surface area (Å²) in [6, 6.07) is 1.27. The lowest BCUT2D eigenvalue weighted by Gasteiger charge is -2.43. The van der Waals surface area contributed by atoms with Crippen LogP contribution in [-0.4, -0.2) is 43.5 Å². The SMILES string of the molecule is Cc1cc(O)c2c(c1O)[C@H](O)[C@H]1C[C@@H](O)C[C@H](O)[C@@H]1C2=O. The molecule has 1 aromatic rings. The van der Waals surface area contributed by atoms with Crippen molar-refractivity contribution in [2.45, 2.75) is 38.1 Å². The van der Waals surface area contributed by atoms with Crippen molar-refractivity contribution in [3.63, 3.8) is 0 Å². The quantitative estimate of drug-likeness (QED) is 0.442. The molecule has 3 rings (SSSR count). The predicted octanol–water partition coefficient (Wildman–Crippen LogP) is 0.384. The monoisotopic (exact) mass is 294 g/mol. The lowest BCUT2D eigenvalue weighted by Crippen LogP contribution is -2.48. The molecule has 0 bridgehead atoms. The standard InChI is InChI=1S/C15H18O6/c1-5-2-8(17)11-12(13(5)19)14(20)7-3-6(16)4-9(18)10(7)15(11)21/h2,6-7,9-10,14,16-20H,3-4H2,1H3/t6-,7+,9+,10-,14-/m1/s1. The molecular formula is C15H18O6. The van der Waals surface area contributed by atoms with E-state index < -0.39 is 35.9 Å². The summed E-state index contributed by atoms with van der Waals surface area (Å²) in [6.45, 7) is 1.56. The highest BCUT2D eigenvalue weighted by molar-refractivity contribution is 6.04. The van der Waals surface area contributed by atoms with Gasteiger partial charge in [-0.2, -0.15) is 0 Å². The molecule has 1 saturated carbocycles. The minimum absolute atomic E-state index is 0.0000463. The van der Waals surface area contributed by atoms with E-state index in [1.165, 1.54) is 6.07 Å². The highest BCUT2D eigenvalue weighted by Crippen LogP contribution is 2.51. The number of aliphatic hydroxyl groups excluding tert-OH is 3. The molecule has 2 aliphatic rings. The Morgan fingerprint density at radius 3 is 2.48 bits per heavy atom. The molecule has 0 aromatic heterocycles. The van der Waals surface area contributed by atoms with Gasteiger partial charge >= 0.3 is 0 Å². The number of carbonyl (C=O) groups excluding carboxylic acids is 1. The van der Waals surface area contributed by atoms with E-state index in [4.69, 9.17) is 0 Å². The number of carbonyl (C=O) groups is 1. The van der Waals surface area contributed by atoms with Crippen LogP contribution in [0.15, 0.2) is 6.07 Å². The summed E-state index contributed by atoms with van der Waals surface area (Å²) in [7, 11) is 0. The Labute approximate surface area is 121 Å². The number of benzene rings is 1. The van der Waals surface area contributed by atoms with Gasteiger partial charge in [0.25, 0.3) is 0 Å². The average molecular weight is 294 g/mol. The zero-order valence-corrected chi connectivity index (χ0v) is 11.5. The molecule has 6 heteroatoms. The highest BCUT2D eigenvalue weighted by atomic mass is 16.3. The maximum absolute atomic E-state index is 12.6. The van der Waals surface area contributed by atoms with Gasteiger partial charge < -0.3 is 25.5 Å². The summed E-state index contributed by atoms with van der Waals surface area (Å²) in [6.07, 6.45) is -2.85. The molecule has 1 fully saturated rings. The van der Waals surface area contributed by atoms with Crippen molar-refractivity contribution in [1.82, 2.24) is 0 Å². The summed E-state index contributed by atoms with van der Waals surface area (Å²) >= 11 is 0. The number of aliphatic hydroxyl groups is 3. The summed E-state index contributed by atoms with van der Waals surface area (Å²) in [5.41, 5.74) is 0.232. The van der Waals surface area contributed by atoms with E-state index in [9.17, 15) is 30.3 Å². The third-order valence-electron chi connectivity index (χ3n) is 4.69. The van der Waals surface area contributed by atoms with Crippen LogP contribution in [0.3, 0.4) is 0 Å². The van der Waals surface area contributed by atoms with Gasteiger partial charge in [-0.25, -0.2) is 0 Å². The van der Waals surface area contributed by atoms with Gasteiger partial charge in [0.05, 0.1) is 29.8 Å². The minimum atomic E-state index is -1.21. The van der Waals surface area contributed by atoms with E-state index in [1.54, 1.807) is 6.92 Å². The number of hydrogen-bond donors (Lipinski definition) is 5. The van der Waals surface area contributed by atoms with Crippen molar-refractivity contribution in [2.75, 3.05) is 0 Å². The fraction of sp³-hybridized carbons (Fsp3) is 0.533. The van der Waals surface area contributed by atoms with E-state index >= 15 is 0 Å². The van der Waals surface area contributed by atoms with Gasteiger partial charge in [-0.05, 0) is 31.4 Å². The Morgan fingerprint density at radius 1 is 1.14 bits per heavy atom. The highest BCUT2D eigenvalue weighted by Gasteiger charge is 2.50. The van der Waals surface area contributed by atoms with E-state index in [-0.39, 0.29) is 35.5 Å². The zero-order valence-electron chi connectivity index (χ0n) is 11.5. The first kappa shape index (κ1) is 14.3. The van der Waals surface area contributed by atoms with Gasteiger partial charge in [-0.1, -0.05) is 0 Å². The molecular weight excluding hydrogens is 276 g/mol. The third kappa shape index (κ3) is 1.94. The Hall–Kier alpha value is -1.63. The first-order valence-corrected chi connectivity index (χ1v) is 6.96. The topological polar surface area (TPSA) is 118 Å². The summed E-state index contributed by atoms with van der Waals surface area (Å²) < 4.78 is 0. The summed E-state index contributed by atoms with van der Waals surface area (Å²) in [5, 5.41) is 50.5. The number of aromatic hydroxyl groups is 2. The zero-order chi connectivity index (χ0) is 15.5. The van der Waals surface area contributed by atoms with E-state index in [1.807, 2.05) is 0 Å². The second-order valence-electron chi connectivity index (χ2n) is 6.04. The maximum Gasteiger partial charge on any atom is 0.173 e. The first-order valence-electron chi connectivity index (χ1n) is 6.96. The lowest BCUT2D eigenvalue weighted by atomic mass is 9.64. The number of aryl methyl sites for hydroxylation is 1. The lowest BCUT2D eigenvalue weighted by molar-refractivity contribution is -0.0651. The van der Waals surface area contributed by atoms with Crippen LogP contribution < -0.4 is 0 Å². The van der Waals surface area contributed by atoms with Crippen molar-refractivity contribution in [3.05, 3.63) is 22.8 Å². The molecule has 5 atom stereocenters. The predicted molar refractivity (Wildman–Crippen MR) is 72.0 cm³/mol. The van der Waals surface area contributed by atoms with Crippen LogP contribution in [0, 0.1) is 18.8 Å². The molecule has 0 saturated heterocycles. The second kappa shape index (κ2) is 4.69. The molecule has 5 N–H and O–H groups in total. The van der Waals surface area contributed by atoms with Crippen molar-refractivity contribution in [1.29, 1.82) is 0 Å². The summed E-state index contributed by atoms with van der Waals surface area (Å²) in [5.74, 6) is -2.56. The van der Waals surface area contributed by atoms with Crippen LogP contribution in [-0.2, 0) is 0 Å². The van der Waals surface area contributed by atoms with Crippen LogP contribution >= 0.6 is 0 Å². The molecule has 2 aliphatic carbocycles. The largest absolute Gasteiger partial charge is 0.507 e. The van der Waals surface area contributed by atoms with Crippen LogP contribution in [0.4, 0.5) is 0 Å². The Morgan fingerprint density at radius 2 is 1.81 bits per heavy atom. The van der Waals surface area contributed by atoms with E-state index in [0.717, 1.165) is 0 Å². The first-order chi connectivity index (χ1) is 9.82. The molecule has 21 heavy (non-hydrogen) atoms. The number of rotatable bonds is 0. The van der Waals surface area contributed by atoms with Gasteiger partial charge in [0.15, 0.2) is 5.78 Å². The molecule has 0 aliphatic heterocycles. The number of ketones is 1. The number of phenols is 2. The van der Waals surface area contributed by atoms with Crippen molar-refractivity contribution < 1.29 is 30.3 Å². The number of hydrogen-bond acceptors (Lipinski definition) is 6. The van der Waals surface area contributed by atoms with E-state index in [0.29, 0.717) is 5.56 Å². The average Bonchev–Trinajstić information content (AvgIpc) is 2.39. The normalized spacial score (nSPS) is 35.2. The molecule has 0 heterocycles. The molecule has 114 valence electrons. The van der Waals surface area contributed by atoms with Crippen LogP contribution in [0.25, 0.3) is 0 Å².